The summed E-state index contributed by atoms with van der Waals surface area (Å²) in [6, 6.07) is 17.6. The summed E-state index contributed by atoms with van der Waals surface area (Å²) in [7, 11) is 5.20. The first kappa shape index (κ1) is 15.4. The molecular weight excluding hydrogens is 282 g/mol. The van der Waals surface area contributed by atoms with Crippen molar-refractivity contribution in [1.82, 2.24) is 4.90 Å². The zero-order valence-electron chi connectivity index (χ0n) is 12.4. The Hall–Kier alpha value is -1.94. The first-order valence-electron chi connectivity index (χ1n) is 6.68. The second-order valence-electron chi connectivity index (χ2n) is 4.82. The number of likely N-dealkylation sites (N-methyl/N-ethyl adjacent to an activating group) is 1. The number of carbonyl (C=O) groups is 1. The minimum atomic E-state index is -0.256. The lowest BCUT2D eigenvalue weighted by Gasteiger charge is -2.20. The number of nitrogens with zero attached hydrogens (tertiary/aromatic N) is 1. The van der Waals surface area contributed by atoms with E-state index in [-0.39, 0.29) is 11.2 Å². The number of amides is 1. The Balaban J connectivity index is 2.29. The van der Waals surface area contributed by atoms with Crippen LogP contribution in [-0.2, 0) is 4.79 Å². The Morgan fingerprint density at radius 2 is 1.67 bits per heavy atom. The lowest BCUT2D eigenvalue weighted by Crippen LogP contribution is -2.26. The number of methoxy groups -OCH3 is 1. The zero-order valence-corrected chi connectivity index (χ0v) is 13.3. The number of rotatable bonds is 5. The van der Waals surface area contributed by atoms with E-state index < -0.39 is 0 Å². The fourth-order valence-corrected chi connectivity index (χ4v) is 3.10. The van der Waals surface area contributed by atoms with Gasteiger partial charge in [-0.05, 0) is 29.8 Å². The van der Waals surface area contributed by atoms with Crippen LogP contribution in [0.2, 0.25) is 0 Å². The van der Waals surface area contributed by atoms with Crippen molar-refractivity contribution >= 4 is 17.7 Å². The highest BCUT2D eigenvalue weighted by atomic mass is 32.2. The number of hydrogen-bond acceptors (Lipinski definition) is 3. The quantitative estimate of drug-likeness (QED) is 0.790. The molecule has 1 amide bonds. The predicted molar refractivity (Wildman–Crippen MR) is 86.7 cm³/mol. The van der Waals surface area contributed by atoms with E-state index in [1.54, 1.807) is 37.9 Å². The van der Waals surface area contributed by atoms with Crippen LogP contribution in [0.3, 0.4) is 0 Å². The molecule has 0 aromatic heterocycles. The molecule has 0 saturated heterocycles. The third-order valence-corrected chi connectivity index (χ3v) is 4.33. The summed E-state index contributed by atoms with van der Waals surface area (Å²) in [5.74, 6) is 0.869. The maximum absolute atomic E-state index is 12.5. The fourth-order valence-electron chi connectivity index (χ4n) is 1.91. The number of thioether (sulfide) groups is 1. The topological polar surface area (TPSA) is 29.5 Å². The van der Waals surface area contributed by atoms with E-state index in [1.165, 1.54) is 0 Å². The van der Waals surface area contributed by atoms with Crippen molar-refractivity contribution in [2.75, 3.05) is 21.2 Å². The molecule has 2 aromatic carbocycles. The van der Waals surface area contributed by atoms with E-state index in [0.717, 1.165) is 16.2 Å². The van der Waals surface area contributed by atoms with E-state index in [2.05, 4.69) is 0 Å². The number of hydrogen-bond donors (Lipinski definition) is 0. The van der Waals surface area contributed by atoms with E-state index in [1.807, 2.05) is 54.6 Å². The highest BCUT2D eigenvalue weighted by molar-refractivity contribution is 8.00. The zero-order chi connectivity index (χ0) is 15.2. The van der Waals surface area contributed by atoms with Gasteiger partial charge in [-0.2, -0.15) is 0 Å². The smallest absolute Gasteiger partial charge is 0.240 e. The van der Waals surface area contributed by atoms with Crippen LogP contribution in [0.4, 0.5) is 0 Å². The van der Waals surface area contributed by atoms with Crippen LogP contribution in [0.25, 0.3) is 0 Å². The van der Waals surface area contributed by atoms with Crippen LogP contribution in [-0.4, -0.2) is 32.0 Å². The summed E-state index contributed by atoms with van der Waals surface area (Å²) in [6.45, 7) is 0. The normalized spacial score (nSPS) is 11.8. The Labute approximate surface area is 129 Å². The molecule has 0 saturated carbocycles. The molecule has 2 aromatic rings. The molecule has 0 fully saturated rings. The van der Waals surface area contributed by atoms with Crippen molar-refractivity contribution in [2.45, 2.75) is 10.1 Å². The summed E-state index contributed by atoms with van der Waals surface area (Å²) in [5, 5.41) is -0.256. The fraction of sp³-hybridized carbons (Fsp3) is 0.235. The third kappa shape index (κ3) is 4.02. The summed E-state index contributed by atoms with van der Waals surface area (Å²) >= 11 is 1.56. The molecule has 0 N–H and O–H groups in total. The van der Waals surface area contributed by atoms with Crippen LogP contribution in [0, 0.1) is 0 Å². The summed E-state index contributed by atoms with van der Waals surface area (Å²) in [5.41, 5.74) is 0.975. The number of carbonyl (C=O) groups excluding carboxylic acids is 1. The average Bonchev–Trinajstić information content (AvgIpc) is 2.53. The average molecular weight is 301 g/mol. The van der Waals surface area contributed by atoms with Gasteiger partial charge in [-0.1, -0.05) is 30.3 Å². The minimum absolute atomic E-state index is 0.0778. The van der Waals surface area contributed by atoms with Crippen LogP contribution < -0.4 is 4.74 Å². The van der Waals surface area contributed by atoms with Gasteiger partial charge < -0.3 is 9.64 Å². The van der Waals surface area contributed by atoms with Gasteiger partial charge in [-0.3, -0.25) is 4.79 Å². The number of benzene rings is 2. The standard InChI is InChI=1S/C17H19NO2S/c1-18(2)17(19)16(21-15-7-5-4-6-8-15)13-9-11-14(20-3)12-10-13/h4-12,16H,1-3H3. The van der Waals surface area contributed by atoms with Gasteiger partial charge >= 0.3 is 0 Å². The molecule has 0 bridgehead atoms. The van der Waals surface area contributed by atoms with E-state index in [9.17, 15) is 4.79 Å². The van der Waals surface area contributed by atoms with Crippen molar-refractivity contribution in [3.8, 4) is 5.75 Å². The first-order chi connectivity index (χ1) is 10.1. The van der Waals surface area contributed by atoms with Crippen molar-refractivity contribution in [2.24, 2.45) is 0 Å². The molecule has 1 atom stereocenters. The summed E-state index contributed by atoms with van der Waals surface area (Å²) in [4.78, 5) is 15.2. The molecule has 21 heavy (non-hydrogen) atoms. The lowest BCUT2D eigenvalue weighted by atomic mass is 10.1. The summed E-state index contributed by atoms with van der Waals surface area (Å²) in [6.07, 6.45) is 0. The van der Waals surface area contributed by atoms with Crippen molar-refractivity contribution < 1.29 is 9.53 Å². The highest BCUT2D eigenvalue weighted by Gasteiger charge is 2.23. The Bertz CT molecular complexity index is 581. The van der Waals surface area contributed by atoms with Crippen LogP contribution in [0.5, 0.6) is 5.75 Å². The van der Waals surface area contributed by atoms with Gasteiger partial charge in [0, 0.05) is 19.0 Å². The van der Waals surface area contributed by atoms with Crippen LogP contribution >= 0.6 is 11.8 Å². The van der Waals surface area contributed by atoms with Crippen molar-refractivity contribution in [1.29, 1.82) is 0 Å². The van der Waals surface area contributed by atoms with Crippen LogP contribution in [0.1, 0.15) is 10.8 Å². The highest BCUT2D eigenvalue weighted by Crippen LogP contribution is 2.36. The molecule has 2 rings (SSSR count). The number of ether oxygens (including phenoxy) is 1. The predicted octanol–water partition coefficient (Wildman–Crippen LogP) is 3.62. The third-order valence-electron chi connectivity index (χ3n) is 3.08. The molecule has 1 unspecified atom stereocenters. The van der Waals surface area contributed by atoms with Crippen LogP contribution in [0.15, 0.2) is 59.5 Å². The molecular formula is C17H19NO2S. The lowest BCUT2D eigenvalue weighted by molar-refractivity contribution is -0.128. The second kappa shape index (κ2) is 7.18. The van der Waals surface area contributed by atoms with Crippen molar-refractivity contribution in [3.05, 3.63) is 60.2 Å². The molecule has 0 aliphatic rings. The molecule has 4 heteroatoms. The molecule has 0 heterocycles. The van der Waals surface area contributed by atoms with Gasteiger partial charge in [0.1, 0.15) is 11.0 Å². The SMILES string of the molecule is COc1ccc(C(Sc2ccccc2)C(=O)N(C)C)cc1. The van der Waals surface area contributed by atoms with Gasteiger partial charge in [0.25, 0.3) is 0 Å². The molecule has 0 radical (unpaired) electrons. The maximum Gasteiger partial charge on any atom is 0.240 e. The van der Waals surface area contributed by atoms with Gasteiger partial charge in [-0.15, -0.1) is 11.8 Å². The van der Waals surface area contributed by atoms with Gasteiger partial charge in [0.2, 0.25) is 5.91 Å². The maximum atomic E-state index is 12.5. The van der Waals surface area contributed by atoms with E-state index in [0.29, 0.717) is 0 Å². The molecule has 0 aliphatic heterocycles. The molecule has 3 nitrogen and oxygen atoms in total. The minimum Gasteiger partial charge on any atom is -0.497 e. The van der Waals surface area contributed by atoms with Gasteiger partial charge in [0.15, 0.2) is 0 Å². The van der Waals surface area contributed by atoms with Crippen molar-refractivity contribution in [3.63, 3.8) is 0 Å². The molecule has 0 spiro atoms. The Morgan fingerprint density at radius 1 is 1.05 bits per heavy atom. The summed E-state index contributed by atoms with van der Waals surface area (Å²) < 4.78 is 5.17. The second-order valence-corrected chi connectivity index (χ2v) is 6.00. The van der Waals surface area contributed by atoms with Gasteiger partial charge in [-0.25, -0.2) is 0 Å². The largest absolute Gasteiger partial charge is 0.497 e. The van der Waals surface area contributed by atoms with Gasteiger partial charge in [0.05, 0.1) is 7.11 Å². The first-order valence-corrected chi connectivity index (χ1v) is 7.56. The monoisotopic (exact) mass is 301 g/mol. The van der Waals surface area contributed by atoms with E-state index >= 15 is 0 Å². The molecule has 0 aliphatic carbocycles. The Morgan fingerprint density at radius 3 is 2.19 bits per heavy atom. The van der Waals surface area contributed by atoms with E-state index in [4.69, 9.17) is 4.74 Å². The Kier molecular flexibility index (Phi) is 5.28. The molecule has 110 valence electrons.